The minimum absolute atomic E-state index is 0.0419. The molecule has 20 heavy (non-hydrogen) atoms. The van der Waals surface area contributed by atoms with E-state index in [0.29, 0.717) is 24.8 Å². The Labute approximate surface area is 111 Å². The van der Waals surface area contributed by atoms with Crippen LogP contribution in [0, 0.1) is 5.82 Å². The summed E-state index contributed by atoms with van der Waals surface area (Å²) < 4.78 is 51.9. The Morgan fingerprint density at radius 2 is 1.95 bits per heavy atom. The Morgan fingerprint density at radius 3 is 2.70 bits per heavy atom. The van der Waals surface area contributed by atoms with Crippen LogP contribution in [0.25, 0.3) is 11.4 Å². The molecule has 104 valence electrons. The van der Waals surface area contributed by atoms with E-state index >= 15 is 0 Å². The molecule has 3 nitrogen and oxygen atoms in total. The van der Waals surface area contributed by atoms with E-state index in [1.54, 1.807) is 0 Å². The quantitative estimate of drug-likeness (QED) is 0.818. The van der Waals surface area contributed by atoms with Gasteiger partial charge in [0.1, 0.15) is 5.82 Å². The fourth-order valence-corrected chi connectivity index (χ4v) is 2.13. The largest absolute Gasteiger partial charge is 0.417 e. The first kappa shape index (κ1) is 13.0. The van der Waals surface area contributed by atoms with Crippen LogP contribution in [0.5, 0.6) is 0 Å². The number of hydrogen-bond donors (Lipinski definition) is 1. The molecule has 3 rings (SSSR count). The van der Waals surface area contributed by atoms with Crippen LogP contribution >= 0.6 is 0 Å². The van der Waals surface area contributed by atoms with Gasteiger partial charge in [-0.2, -0.15) is 13.2 Å². The maximum absolute atomic E-state index is 13.1. The van der Waals surface area contributed by atoms with Crippen molar-refractivity contribution >= 4 is 0 Å². The third-order valence-electron chi connectivity index (χ3n) is 3.09. The first-order valence-corrected chi connectivity index (χ1v) is 5.88. The van der Waals surface area contributed by atoms with E-state index in [2.05, 4.69) is 15.3 Å². The van der Waals surface area contributed by atoms with Gasteiger partial charge in [0.2, 0.25) is 0 Å². The van der Waals surface area contributed by atoms with Gasteiger partial charge in [-0.25, -0.2) is 14.4 Å². The summed E-state index contributed by atoms with van der Waals surface area (Å²) in [5.74, 6) is -0.983. The summed E-state index contributed by atoms with van der Waals surface area (Å²) in [6, 6.07) is 2.49. The van der Waals surface area contributed by atoms with Crippen molar-refractivity contribution in [2.45, 2.75) is 19.3 Å². The van der Waals surface area contributed by atoms with Gasteiger partial charge in [0.05, 0.1) is 11.3 Å². The minimum Gasteiger partial charge on any atom is -0.307 e. The molecule has 0 aliphatic carbocycles. The maximum atomic E-state index is 13.1. The molecule has 1 N–H and O–H groups in total. The van der Waals surface area contributed by atoms with Crippen molar-refractivity contribution in [2.24, 2.45) is 0 Å². The fourth-order valence-electron chi connectivity index (χ4n) is 2.13. The predicted octanol–water partition coefficient (Wildman–Crippen LogP) is 2.90. The summed E-state index contributed by atoms with van der Waals surface area (Å²) in [6.07, 6.45) is -3.15. The molecular weight excluding hydrogens is 274 g/mol. The topological polar surface area (TPSA) is 37.8 Å². The van der Waals surface area contributed by atoms with E-state index < -0.39 is 17.6 Å². The van der Waals surface area contributed by atoms with Crippen molar-refractivity contribution < 1.29 is 17.6 Å². The van der Waals surface area contributed by atoms with Crippen molar-refractivity contribution in [3.05, 3.63) is 47.0 Å². The highest BCUT2D eigenvalue weighted by Gasteiger charge is 2.35. The van der Waals surface area contributed by atoms with E-state index in [4.69, 9.17) is 0 Å². The molecule has 0 amide bonds. The number of alkyl halides is 3. The standard InChI is InChI=1S/C13H9F4N3/c14-8-1-2-9(10(3-8)13(15,16)17)12-19-5-7-4-18-6-11(7)20-12/h1-3,5,18H,4,6H2. The molecule has 1 aromatic heterocycles. The molecular formula is C13H9F4N3. The lowest BCUT2D eigenvalue weighted by atomic mass is 10.1. The highest BCUT2D eigenvalue weighted by Crippen LogP contribution is 2.36. The summed E-state index contributed by atoms with van der Waals surface area (Å²) in [5.41, 5.74) is 0.258. The van der Waals surface area contributed by atoms with Gasteiger partial charge >= 0.3 is 6.18 Å². The van der Waals surface area contributed by atoms with Crippen molar-refractivity contribution in [3.8, 4) is 11.4 Å². The number of hydrogen-bond acceptors (Lipinski definition) is 3. The average molecular weight is 283 g/mol. The molecule has 1 aromatic carbocycles. The number of aromatic nitrogens is 2. The van der Waals surface area contributed by atoms with E-state index in [1.807, 2.05) is 0 Å². The Hall–Kier alpha value is -2.02. The first-order valence-electron chi connectivity index (χ1n) is 5.88. The zero-order valence-electron chi connectivity index (χ0n) is 10.1. The fraction of sp³-hybridized carbons (Fsp3) is 0.231. The molecule has 0 radical (unpaired) electrons. The van der Waals surface area contributed by atoms with Gasteiger partial charge < -0.3 is 5.32 Å². The van der Waals surface area contributed by atoms with E-state index in [9.17, 15) is 17.6 Å². The molecule has 2 aromatic rings. The molecule has 1 aliphatic heterocycles. The second kappa shape index (κ2) is 4.52. The molecule has 1 aliphatic rings. The van der Waals surface area contributed by atoms with Gasteiger partial charge in [0.25, 0.3) is 0 Å². The van der Waals surface area contributed by atoms with Gasteiger partial charge in [-0.05, 0) is 18.2 Å². The van der Waals surface area contributed by atoms with Crippen molar-refractivity contribution in [2.75, 3.05) is 0 Å². The Morgan fingerprint density at radius 1 is 1.15 bits per heavy atom. The predicted molar refractivity (Wildman–Crippen MR) is 63.0 cm³/mol. The van der Waals surface area contributed by atoms with E-state index in [1.165, 1.54) is 6.20 Å². The molecule has 0 saturated heterocycles. The van der Waals surface area contributed by atoms with Gasteiger partial charge in [-0.1, -0.05) is 0 Å². The summed E-state index contributed by atoms with van der Waals surface area (Å²) in [6.45, 7) is 1.10. The Kier molecular flexibility index (Phi) is 2.93. The molecule has 7 heteroatoms. The lowest BCUT2D eigenvalue weighted by Crippen LogP contribution is -2.09. The molecule has 2 heterocycles. The minimum atomic E-state index is -4.65. The van der Waals surface area contributed by atoms with Crippen LogP contribution in [-0.4, -0.2) is 9.97 Å². The van der Waals surface area contributed by atoms with E-state index in [0.717, 1.165) is 17.7 Å². The van der Waals surface area contributed by atoms with Crippen LogP contribution in [0.1, 0.15) is 16.8 Å². The number of fused-ring (bicyclic) bond motifs is 1. The van der Waals surface area contributed by atoms with Gasteiger partial charge in [0, 0.05) is 30.4 Å². The summed E-state index contributed by atoms with van der Waals surface area (Å²) in [5, 5.41) is 3.04. The Bertz CT molecular complexity index is 667. The lowest BCUT2D eigenvalue weighted by molar-refractivity contribution is -0.137. The molecule has 0 unspecified atom stereocenters. The summed E-state index contributed by atoms with van der Waals surface area (Å²) >= 11 is 0. The normalized spacial score (nSPS) is 14.4. The number of halogens is 4. The van der Waals surface area contributed by atoms with Gasteiger partial charge in [-0.3, -0.25) is 0 Å². The third-order valence-corrected chi connectivity index (χ3v) is 3.09. The van der Waals surface area contributed by atoms with E-state index in [-0.39, 0.29) is 11.4 Å². The monoisotopic (exact) mass is 283 g/mol. The smallest absolute Gasteiger partial charge is 0.307 e. The lowest BCUT2D eigenvalue weighted by Gasteiger charge is -2.12. The second-order valence-corrected chi connectivity index (χ2v) is 4.46. The highest BCUT2D eigenvalue weighted by molar-refractivity contribution is 5.61. The van der Waals surface area contributed by atoms with Crippen LogP contribution in [0.2, 0.25) is 0 Å². The SMILES string of the molecule is Fc1ccc(-c2ncc3c(n2)CNC3)c(C(F)(F)F)c1. The third kappa shape index (κ3) is 2.24. The van der Waals surface area contributed by atoms with Crippen molar-refractivity contribution in [1.82, 2.24) is 15.3 Å². The average Bonchev–Trinajstić information content (AvgIpc) is 2.84. The molecule has 0 atom stereocenters. The van der Waals surface area contributed by atoms with Crippen molar-refractivity contribution in [3.63, 3.8) is 0 Å². The van der Waals surface area contributed by atoms with Crippen molar-refractivity contribution in [1.29, 1.82) is 0 Å². The van der Waals surface area contributed by atoms with Crippen LogP contribution in [0.4, 0.5) is 17.6 Å². The summed E-state index contributed by atoms with van der Waals surface area (Å²) in [7, 11) is 0. The van der Waals surface area contributed by atoms with Crippen LogP contribution in [-0.2, 0) is 19.3 Å². The molecule has 0 saturated carbocycles. The number of nitrogens with zero attached hydrogens (tertiary/aromatic N) is 2. The molecule has 0 spiro atoms. The maximum Gasteiger partial charge on any atom is 0.417 e. The van der Waals surface area contributed by atoms with Gasteiger partial charge in [0.15, 0.2) is 5.82 Å². The molecule has 0 bridgehead atoms. The second-order valence-electron chi connectivity index (χ2n) is 4.46. The number of nitrogens with one attached hydrogen (secondary N) is 1. The number of rotatable bonds is 1. The Balaban J connectivity index is 2.15. The first-order chi connectivity index (χ1) is 9.45. The zero-order chi connectivity index (χ0) is 14.3. The highest BCUT2D eigenvalue weighted by atomic mass is 19.4. The van der Waals surface area contributed by atoms with Crippen LogP contribution in [0.15, 0.2) is 24.4 Å². The summed E-state index contributed by atoms with van der Waals surface area (Å²) in [4.78, 5) is 8.08. The van der Waals surface area contributed by atoms with Crippen LogP contribution in [0.3, 0.4) is 0 Å². The zero-order valence-corrected chi connectivity index (χ0v) is 10.1. The number of benzene rings is 1. The van der Waals surface area contributed by atoms with Gasteiger partial charge in [-0.15, -0.1) is 0 Å². The van der Waals surface area contributed by atoms with Crippen LogP contribution < -0.4 is 5.32 Å². The molecule has 0 fully saturated rings.